The summed E-state index contributed by atoms with van der Waals surface area (Å²) in [5, 5.41) is 9.67. The van der Waals surface area contributed by atoms with E-state index in [0.29, 0.717) is 6.61 Å². The van der Waals surface area contributed by atoms with Crippen LogP contribution in [0.25, 0.3) is 16.8 Å². The standard InChI is InChI=1S/C18H18N4OS/c1-2-24-18-20-19-17-21(12-13-23-14-8-4-3-5-9-14)15-10-6-7-11-16(15)22(17)18/h3-11H,2,12-13H2,1H3. The van der Waals surface area contributed by atoms with Crippen LogP contribution in [0.2, 0.25) is 0 Å². The Morgan fingerprint density at radius 2 is 1.71 bits per heavy atom. The second-order valence-corrected chi connectivity index (χ2v) is 6.58. The van der Waals surface area contributed by atoms with Crippen LogP contribution >= 0.6 is 11.8 Å². The molecule has 2 aromatic heterocycles. The van der Waals surface area contributed by atoms with Gasteiger partial charge in [-0.25, -0.2) is 0 Å². The third kappa shape index (κ3) is 2.63. The molecule has 2 aromatic carbocycles. The van der Waals surface area contributed by atoms with Crippen LogP contribution < -0.4 is 4.74 Å². The van der Waals surface area contributed by atoms with Crippen molar-refractivity contribution in [1.82, 2.24) is 19.2 Å². The summed E-state index contributed by atoms with van der Waals surface area (Å²) in [6, 6.07) is 18.2. The fraction of sp³-hybridized carbons (Fsp3) is 0.222. The van der Waals surface area contributed by atoms with E-state index in [4.69, 9.17) is 4.74 Å². The fourth-order valence-corrected chi connectivity index (χ4v) is 3.52. The van der Waals surface area contributed by atoms with E-state index in [1.54, 1.807) is 11.8 Å². The molecule has 2 heterocycles. The number of hydrogen-bond donors (Lipinski definition) is 0. The zero-order chi connectivity index (χ0) is 16.4. The lowest BCUT2D eigenvalue weighted by Gasteiger charge is -2.07. The lowest BCUT2D eigenvalue weighted by atomic mass is 10.3. The first-order valence-electron chi connectivity index (χ1n) is 8.01. The lowest BCUT2D eigenvalue weighted by molar-refractivity contribution is 0.301. The van der Waals surface area contributed by atoms with Gasteiger partial charge in [-0.2, -0.15) is 0 Å². The molecule has 0 amide bonds. The van der Waals surface area contributed by atoms with Crippen molar-refractivity contribution in [3.63, 3.8) is 0 Å². The van der Waals surface area contributed by atoms with E-state index in [0.717, 1.165) is 40.0 Å². The van der Waals surface area contributed by atoms with Crippen LogP contribution in [0.3, 0.4) is 0 Å². The molecule has 0 saturated heterocycles. The number of aromatic nitrogens is 4. The van der Waals surface area contributed by atoms with Gasteiger partial charge in [0, 0.05) is 0 Å². The first kappa shape index (κ1) is 15.1. The van der Waals surface area contributed by atoms with Gasteiger partial charge in [0.15, 0.2) is 5.16 Å². The van der Waals surface area contributed by atoms with Crippen LogP contribution in [0.1, 0.15) is 6.92 Å². The zero-order valence-corrected chi connectivity index (χ0v) is 14.2. The highest BCUT2D eigenvalue weighted by Crippen LogP contribution is 2.25. The molecule has 0 bridgehead atoms. The van der Waals surface area contributed by atoms with Crippen molar-refractivity contribution in [3.8, 4) is 5.75 Å². The van der Waals surface area contributed by atoms with Gasteiger partial charge in [0.25, 0.3) is 0 Å². The Labute approximate surface area is 144 Å². The highest BCUT2D eigenvalue weighted by Gasteiger charge is 2.16. The van der Waals surface area contributed by atoms with Crippen molar-refractivity contribution < 1.29 is 4.74 Å². The van der Waals surface area contributed by atoms with Crippen LogP contribution in [0.4, 0.5) is 0 Å². The Kier molecular flexibility index (Phi) is 4.13. The number of rotatable bonds is 6. The average molecular weight is 338 g/mol. The number of thioether (sulfide) groups is 1. The summed E-state index contributed by atoms with van der Waals surface area (Å²) in [6.45, 7) is 3.43. The molecule has 122 valence electrons. The molecule has 0 unspecified atom stereocenters. The smallest absolute Gasteiger partial charge is 0.237 e. The van der Waals surface area contributed by atoms with Gasteiger partial charge in [-0.3, -0.25) is 4.40 Å². The van der Waals surface area contributed by atoms with E-state index in [1.807, 2.05) is 36.4 Å². The van der Waals surface area contributed by atoms with E-state index >= 15 is 0 Å². The minimum absolute atomic E-state index is 0.585. The van der Waals surface area contributed by atoms with Crippen LogP contribution in [-0.2, 0) is 6.54 Å². The Morgan fingerprint density at radius 1 is 0.958 bits per heavy atom. The lowest BCUT2D eigenvalue weighted by Crippen LogP contribution is -2.08. The van der Waals surface area contributed by atoms with Gasteiger partial charge in [-0.15, -0.1) is 10.2 Å². The number of para-hydroxylation sites is 3. The van der Waals surface area contributed by atoms with Gasteiger partial charge < -0.3 is 9.30 Å². The van der Waals surface area contributed by atoms with Gasteiger partial charge in [0.2, 0.25) is 5.78 Å². The molecular weight excluding hydrogens is 320 g/mol. The van der Waals surface area contributed by atoms with E-state index < -0.39 is 0 Å². The molecule has 6 heteroatoms. The molecule has 0 aliphatic carbocycles. The summed E-state index contributed by atoms with van der Waals surface area (Å²) >= 11 is 1.71. The van der Waals surface area contributed by atoms with Crippen molar-refractivity contribution in [2.45, 2.75) is 18.6 Å². The number of hydrogen-bond acceptors (Lipinski definition) is 4. The first-order valence-corrected chi connectivity index (χ1v) is 9.00. The predicted octanol–water partition coefficient (Wildman–Crippen LogP) is 3.88. The van der Waals surface area contributed by atoms with E-state index in [9.17, 15) is 0 Å². The van der Waals surface area contributed by atoms with Crippen molar-refractivity contribution in [3.05, 3.63) is 54.6 Å². The molecule has 0 N–H and O–H groups in total. The van der Waals surface area contributed by atoms with Crippen LogP contribution in [0.5, 0.6) is 5.75 Å². The molecular formula is C18H18N4OS. The highest BCUT2D eigenvalue weighted by molar-refractivity contribution is 7.99. The van der Waals surface area contributed by atoms with Gasteiger partial charge in [-0.05, 0) is 30.0 Å². The second kappa shape index (κ2) is 6.57. The molecule has 0 atom stereocenters. The van der Waals surface area contributed by atoms with Crippen LogP contribution in [0, 0.1) is 0 Å². The molecule has 0 saturated carbocycles. The minimum Gasteiger partial charge on any atom is -0.492 e. The molecule has 0 aliphatic rings. The molecule has 0 radical (unpaired) electrons. The second-order valence-electron chi connectivity index (χ2n) is 5.35. The number of ether oxygens (including phenoxy) is 1. The summed E-state index contributed by atoms with van der Waals surface area (Å²) in [4.78, 5) is 0. The molecule has 0 spiro atoms. The average Bonchev–Trinajstić information content (AvgIpc) is 3.16. The Morgan fingerprint density at radius 3 is 2.50 bits per heavy atom. The number of imidazole rings is 1. The molecule has 24 heavy (non-hydrogen) atoms. The van der Waals surface area contributed by atoms with E-state index in [2.05, 4.69) is 44.3 Å². The summed E-state index contributed by atoms with van der Waals surface area (Å²) in [6.07, 6.45) is 0. The first-order chi connectivity index (χ1) is 11.9. The normalized spacial score (nSPS) is 11.4. The molecule has 4 aromatic rings. The zero-order valence-electron chi connectivity index (χ0n) is 13.4. The van der Waals surface area contributed by atoms with Crippen molar-refractivity contribution in [2.75, 3.05) is 12.4 Å². The number of fused-ring (bicyclic) bond motifs is 3. The highest BCUT2D eigenvalue weighted by atomic mass is 32.2. The van der Waals surface area contributed by atoms with Gasteiger partial charge >= 0.3 is 0 Å². The van der Waals surface area contributed by atoms with Gasteiger partial charge in [0.05, 0.1) is 17.6 Å². The Balaban J connectivity index is 1.68. The third-order valence-corrected chi connectivity index (χ3v) is 4.68. The van der Waals surface area contributed by atoms with Gasteiger partial charge in [-0.1, -0.05) is 49.0 Å². The maximum Gasteiger partial charge on any atom is 0.237 e. The third-order valence-electron chi connectivity index (χ3n) is 3.87. The monoisotopic (exact) mass is 338 g/mol. The fourth-order valence-electron chi connectivity index (χ4n) is 2.85. The summed E-state index contributed by atoms with van der Waals surface area (Å²) in [5.74, 6) is 2.72. The predicted molar refractivity (Wildman–Crippen MR) is 96.8 cm³/mol. The SMILES string of the molecule is CCSc1nnc2n(CCOc3ccccc3)c3ccccc3n12. The maximum atomic E-state index is 5.85. The summed E-state index contributed by atoms with van der Waals surface area (Å²) in [5.41, 5.74) is 2.28. The Hall–Kier alpha value is -2.47. The maximum absolute atomic E-state index is 5.85. The van der Waals surface area contributed by atoms with Crippen LogP contribution in [0.15, 0.2) is 59.8 Å². The molecule has 4 rings (SSSR count). The topological polar surface area (TPSA) is 44.3 Å². The number of benzene rings is 2. The largest absolute Gasteiger partial charge is 0.492 e. The van der Waals surface area contributed by atoms with Crippen molar-refractivity contribution in [1.29, 1.82) is 0 Å². The molecule has 0 aliphatic heterocycles. The van der Waals surface area contributed by atoms with Crippen molar-refractivity contribution >= 4 is 28.6 Å². The van der Waals surface area contributed by atoms with Crippen LogP contribution in [-0.4, -0.2) is 31.5 Å². The summed E-state index contributed by atoms with van der Waals surface area (Å²) < 4.78 is 10.2. The van der Waals surface area contributed by atoms with E-state index in [-0.39, 0.29) is 0 Å². The minimum atomic E-state index is 0.585. The summed E-state index contributed by atoms with van der Waals surface area (Å²) in [7, 11) is 0. The molecule has 0 fully saturated rings. The Bertz CT molecular complexity index is 961. The van der Waals surface area contributed by atoms with Gasteiger partial charge in [0.1, 0.15) is 12.4 Å². The quantitative estimate of drug-likeness (QED) is 0.501. The number of nitrogens with zero attached hydrogens (tertiary/aromatic N) is 4. The van der Waals surface area contributed by atoms with E-state index in [1.165, 1.54) is 0 Å². The molecule has 5 nitrogen and oxygen atoms in total. The van der Waals surface area contributed by atoms with Crippen molar-refractivity contribution in [2.24, 2.45) is 0 Å².